The van der Waals surface area contributed by atoms with E-state index >= 15 is 0 Å². The van der Waals surface area contributed by atoms with E-state index in [0.717, 1.165) is 41.0 Å². The number of hydrogen-bond donors (Lipinski definition) is 1. The molecular formula is C15H22ClNO. The highest BCUT2D eigenvalue weighted by molar-refractivity contribution is 6.31. The number of rotatable bonds is 3. The van der Waals surface area contributed by atoms with E-state index in [1.54, 1.807) is 0 Å². The lowest BCUT2D eigenvalue weighted by Gasteiger charge is -2.32. The first-order chi connectivity index (χ1) is 8.56. The largest absolute Gasteiger partial charge is 0.399 e. The van der Waals surface area contributed by atoms with Crippen molar-refractivity contribution in [2.24, 2.45) is 11.8 Å². The molecule has 1 fully saturated rings. The predicted octanol–water partition coefficient (Wildman–Crippen LogP) is 4.26. The molecule has 1 aliphatic rings. The monoisotopic (exact) mass is 267 g/mol. The lowest BCUT2D eigenvalue weighted by atomic mass is 9.80. The molecule has 1 aliphatic carbocycles. The van der Waals surface area contributed by atoms with Crippen molar-refractivity contribution in [2.75, 3.05) is 5.73 Å². The number of halogens is 1. The molecule has 18 heavy (non-hydrogen) atoms. The van der Waals surface area contributed by atoms with Gasteiger partial charge in [0.2, 0.25) is 0 Å². The molecule has 3 heteroatoms. The number of ether oxygens (including phenoxy) is 1. The summed E-state index contributed by atoms with van der Waals surface area (Å²) in [5.74, 6) is 1.57. The fraction of sp³-hybridized carbons (Fsp3) is 0.600. The molecule has 0 aromatic heterocycles. The van der Waals surface area contributed by atoms with E-state index in [1.165, 1.54) is 6.42 Å². The van der Waals surface area contributed by atoms with E-state index in [-0.39, 0.29) is 0 Å². The second kappa shape index (κ2) is 5.94. The molecule has 2 nitrogen and oxygen atoms in total. The van der Waals surface area contributed by atoms with Gasteiger partial charge in [0.15, 0.2) is 0 Å². The Morgan fingerprint density at radius 3 is 2.78 bits per heavy atom. The number of benzene rings is 1. The highest BCUT2D eigenvalue weighted by Gasteiger charge is 2.25. The van der Waals surface area contributed by atoms with Crippen molar-refractivity contribution in [3.63, 3.8) is 0 Å². The minimum absolute atomic E-state index is 0.369. The molecule has 1 saturated carbocycles. The Hall–Kier alpha value is -0.730. The molecule has 1 aromatic carbocycles. The minimum atomic E-state index is 0.369. The summed E-state index contributed by atoms with van der Waals surface area (Å²) in [7, 11) is 0. The Morgan fingerprint density at radius 1 is 1.28 bits per heavy atom. The number of nitrogens with two attached hydrogens (primary N) is 1. The summed E-state index contributed by atoms with van der Waals surface area (Å²) in [5.41, 5.74) is 7.49. The third-order valence-corrected chi connectivity index (χ3v) is 4.46. The Balaban J connectivity index is 1.90. The van der Waals surface area contributed by atoms with Crippen LogP contribution in [0.3, 0.4) is 0 Å². The highest BCUT2D eigenvalue weighted by atomic mass is 35.5. The lowest BCUT2D eigenvalue weighted by molar-refractivity contribution is -0.00740. The van der Waals surface area contributed by atoms with Crippen molar-refractivity contribution >= 4 is 17.3 Å². The number of hydrogen-bond acceptors (Lipinski definition) is 2. The molecule has 0 bridgehead atoms. The molecule has 0 saturated heterocycles. The van der Waals surface area contributed by atoms with Crippen LogP contribution in [0, 0.1) is 11.8 Å². The average molecular weight is 268 g/mol. The molecule has 3 unspecified atom stereocenters. The molecule has 1 aromatic rings. The van der Waals surface area contributed by atoms with Gasteiger partial charge in [-0.1, -0.05) is 25.4 Å². The van der Waals surface area contributed by atoms with Crippen molar-refractivity contribution in [2.45, 2.75) is 45.8 Å². The van der Waals surface area contributed by atoms with Gasteiger partial charge in [0.25, 0.3) is 0 Å². The van der Waals surface area contributed by atoms with Crippen LogP contribution in [-0.4, -0.2) is 6.10 Å². The second-order valence-electron chi connectivity index (χ2n) is 5.55. The fourth-order valence-electron chi connectivity index (χ4n) is 2.56. The summed E-state index contributed by atoms with van der Waals surface area (Å²) in [6.45, 7) is 5.21. The molecule has 2 rings (SSSR count). The SMILES string of the molecule is CC1CCC(OCc2cc(N)ccc2Cl)CC1C. The Kier molecular flexibility index (Phi) is 4.52. The molecule has 0 heterocycles. The van der Waals surface area contributed by atoms with Crippen molar-refractivity contribution in [1.82, 2.24) is 0 Å². The molecule has 2 N–H and O–H groups in total. The standard InChI is InChI=1S/C15H22ClNO/c1-10-3-5-14(7-11(10)2)18-9-12-8-13(17)4-6-15(12)16/h4,6,8,10-11,14H,3,5,7,9,17H2,1-2H3. The molecule has 3 atom stereocenters. The normalized spacial score (nSPS) is 28.3. The first-order valence-electron chi connectivity index (χ1n) is 6.71. The Labute approximate surface area is 114 Å². The van der Waals surface area contributed by atoms with E-state index in [1.807, 2.05) is 18.2 Å². The van der Waals surface area contributed by atoms with Crippen LogP contribution in [-0.2, 0) is 11.3 Å². The molecule has 0 amide bonds. The average Bonchev–Trinajstić information content (AvgIpc) is 2.34. The van der Waals surface area contributed by atoms with Gasteiger partial charge in [0.1, 0.15) is 0 Å². The van der Waals surface area contributed by atoms with Crippen LogP contribution < -0.4 is 5.73 Å². The molecular weight excluding hydrogens is 246 g/mol. The van der Waals surface area contributed by atoms with E-state index in [4.69, 9.17) is 22.1 Å². The zero-order valence-electron chi connectivity index (χ0n) is 11.2. The van der Waals surface area contributed by atoms with Gasteiger partial charge in [0, 0.05) is 10.7 Å². The summed E-state index contributed by atoms with van der Waals surface area (Å²) >= 11 is 6.13. The van der Waals surface area contributed by atoms with E-state index in [0.29, 0.717) is 12.7 Å². The molecule has 0 radical (unpaired) electrons. The van der Waals surface area contributed by atoms with Crippen LogP contribution in [0.25, 0.3) is 0 Å². The first kappa shape index (κ1) is 13.7. The first-order valence-corrected chi connectivity index (χ1v) is 7.09. The third kappa shape index (κ3) is 3.39. The van der Waals surface area contributed by atoms with Gasteiger partial charge in [-0.3, -0.25) is 0 Å². The summed E-state index contributed by atoms with van der Waals surface area (Å²) < 4.78 is 5.98. The summed E-state index contributed by atoms with van der Waals surface area (Å²) in [6, 6.07) is 5.55. The van der Waals surface area contributed by atoms with Gasteiger partial charge in [-0.05, 0) is 54.9 Å². The minimum Gasteiger partial charge on any atom is -0.399 e. The van der Waals surface area contributed by atoms with Gasteiger partial charge in [-0.15, -0.1) is 0 Å². The Morgan fingerprint density at radius 2 is 2.06 bits per heavy atom. The van der Waals surface area contributed by atoms with Crippen LogP contribution in [0.1, 0.15) is 38.7 Å². The van der Waals surface area contributed by atoms with Gasteiger partial charge in [-0.2, -0.15) is 0 Å². The number of anilines is 1. The van der Waals surface area contributed by atoms with Crippen molar-refractivity contribution in [3.05, 3.63) is 28.8 Å². The van der Waals surface area contributed by atoms with E-state index < -0.39 is 0 Å². The second-order valence-corrected chi connectivity index (χ2v) is 5.96. The zero-order valence-corrected chi connectivity index (χ0v) is 11.9. The van der Waals surface area contributed by atoms with Crippen LogP contribution in [0.4, 0.5) is 5.69 Å². The summed E-state index contributed by atoms with van der Waals surface area (Å²) in [6.07, 6.45) is 3.94. The van der Waals surface area contributed by atoms with Crippen molar-refractivity contribution in [3.8, 4) is 0 Å². The van der Waals surface area contributed by atoms with Crippen molar-refractivity contribution < 1.29 is 4.74 Å². The maximum atomic E-state index is 6.13. The summed E-state index contributed by atoms with van der Waals surface area (Å²) in [4.78, 5) is 0. The smallest absolute Gasteiger partial charge is 0.0735 e. The van der Waals surface area contributed by atoms with Gasteiger partial charge >= 0.3 is 0 Å². The van der Waals surface area contributed by atoms with E-state index in [2.05, 4.69) is 13.8 Å². The van der Waals surface area contributed by atoms with Gasteiger partial charge in [-0.25, -0.2) is 0 Å². The van der Waals surface area contributed by atoms with Crippen molar-refractivity contribution in [1.29, 1.82) is 0 Å². The van der Waals surface area contributed by atoms with Crippen LogP contribution in [0.15, 0.2) is 18.2 Å². The lowest BCUT2D eigenvalue weighted by Crippen LogP contribution is -2.26. The predicted molar refractivity (Wildman–Crippen MR) is 76.6 cm³/mol. The zero-order chi connectivity index (χ0) is 13.1. The number of nitrogen functional groups attached to an aromatic ring is 1. The van der Waals surface area contributed by atoms with Gasteiger partial charge in [0.05, 0.1) is 12.7 Å². The fourth-order valence-corrected chi connectivity index (χ4v) is 2.73. The van der Waals surface area contributed by atoms with E-state index in [9.17, 15) is 0 Å². The van der Waals surface area contributed by atoms with Crippen LogP contribution in [0.2, 0.25) is 5.02 Å². The topological polar surface area (TPSA) is 35.2 Å². The van der Waals surface area contributed by atoms with Crippen LogP contribution in [0.5, 0.6) is 0 Å². The quantitative estimate of drug-likeness (QED) is 0.831. The highest BCUT2D eigenvalue weighted by Crippen LogP contribution is 2.31. The molecule has 0 spiro atoms. The Bertz CT molecular complexity index is 407. The molecule has 0 aliphatic heterocycles. The maximum absolute atomic E-state index is 6.13. The molecule has 100 valence electrons. The third-order valence-electron chi connectivity index (χ3n) is 4.09. The maximum Gasteiger partial charge on any atom is 0.0735 e. The summed E-state index contributed by atoms with van der Waals surface area (Å²) in [5, 5.41) is 0.737. The van der Waals surface area contributed by atoms with Crippen LogP contribution >= 0.6 is 11.6 Å². The van der Waals surface area contributed by atoms with Gasteiger partial charge < -0.3 is 10.5 Å².